The van der Waals surface area contributed by atoms with Gasteiger partial charge in [0, 0.05) is 18.8 Å². The largest absolute Gasteiger partial charge is 0.290 e. The summed E-state index contributed by atoms with van der Waals surface area (Å²) in [6.07, 6.45) is 7.45. The van der Waals surface area contributed by atoms with Crippen LogP contribution in [0.15, 0.2) is 60.9 Å². The number of rotatable bonds is 2. The molecule has 0 saturated heterocycles. The second kappa shape index (κ2) is 11.9. The molecule has 0 amide bonds. The van der Waals surface area contributed by atoms with Gasteiger partial charge in [0.1, 0.15) is 0 Å². The summed E-state index contributed by atoms with van der Waals surface area (Å²) in [4.78, 5) is 20.4. The van der Waals surface area contributed by atoms with Crippen molar-refractivity contribution in [3.8, 4) is 0 Å². The van der Waals surface area contributed by atoms with Crippen molar-refractivity contribution in [2.45, 2.75) is 41.5 Å². The Labute approximate surface area is 146 Å². The van der Waals surface area contributed by atoms with Crippen LogP contribution in [0.1, 0.15) is 52.9 Å². The highest BCUT2D eigenvalue weighted by Crippen LogP contribution is 2.29. The third-order valence-corrected chi connectivity index (χ3v) is 3.00. The Morgan fingerprint density at radius 3 is 1.50 bits per heavy atom. The number of ketones is 1. The minimum absolute atomic E-state index is 0. The maximum atomic E-state index is 11.8. The molecule has 0 aromatic carbocycles. The van der Waals surface area contributed by atoms with Gasteiger partial charge in [-0.15, -0.1) is 0 Å². The number of aromatic nitrogens is 2. The van der Waals surface area contributed by atoms with E-state index in [1.807, 2.05) is 64.1 Å². The molecule has 2 aromatic rings. The molecular weight excluding hydrogens is 296 g/mol. The molecule has 128 valence electrons. The molecule has 1 aliphatic rings. The van der Waals surface area contributed by atoms with Gasteiger partial charge in [0.15, 0.2) is 5.78 Å². The zero-order chi connectivity index (χ0) is 17.1. The Bertz CT molecular complexity index is 601. The fourth-order valence-corrected chi connectivity index (χ4v) is 2.13. The molecular formula is C21H28N2O. The Hall–Kier alpha value is -2.55. The van der Waals surface area contributed by atoms with Crippen molar-refractivity contribution in [1.29, 1.82) is 0 Å². The molecule has 0 saturated carbocycles. The predicted molar refractivity (Wildman–Crippen MR) is 103 cm³/mol. The lowest BCUT2D eigenvalue weighted by Crippen LogP contribution is -2.03. The highest BCUT2D eigenvalue weighted by molar-refractivity contribution is 6.11. The number of pyridine rings is 2. The highest BCUT2D eigenvalue weighted by Gasteiger charge is 2.16. The van der Waals surface area contributed by atoms with Gasteiger partial charge in [-0.2, -0.15) is 0 Å². The highest BCUT2D eigenvalue weighted by atomic mass is 16.1. The summed E-state index contributed by atoms with van der Waals surface area (Å²) in [6.45, 7) is 8.00. The van der Waals surface area contributed by atoms with Crippen LogP contribution in [-0.4, -0.2) is 15.8 Å². The van der Waals surface area contributed by atoms with Gasteiger partial charge < -0.3 is 0 Å². The van der Waals surface area contributed by atoms with Crippen LogP contribution in [-0.2, 0) is 4.79 Å². The van der Waals surface area contributed by atoms with E-state index in [1.54, 1.807) is 24.5 Å². The summed E-state index contributed by atoms with van der Waals surface area (Å²) in [7, 11) is 0. The molecule has 3 nitrogen and oxygen atoms in total. The van der Waals surface area contributed by atoms with E-state index in [-0.39, 0.29) is 13.2 Å². The van der Waals surface area contributed by atoms with Crippen molar-refractivity contribution in [3.05, 3.63) is 72.3 Å². The number of nitrogens with zero attached hydrogens (tertiary/aromatic N) is 2. The van der Waals surface area contributed by atoms with E-state index in [2.05, 4.69) is 9.97 Å². The van der Waals surface area contributed by atoms with Gasteiger partial charge in [-0.1, -0.05) is 47.3 Å². The van der Waals surface area contributed by atoms with Crippen LogP contribution in [0.3, 0.4) is 0 Å². The summed E-state index contributed by atoms with van der Waals surface area (Å²) in [6, 6.07) is 11.4. The van der Waals surface area contributed by atoms with Crippen molar-refractivity contribution in [2.75, 3.05) is 0 Å². The molecule has 0 bridgehead atoms. The molecule has 2 aromatic heterocycles. The quantitative estimate of drug-likeness (QED) is 0.721. The standard InChI is InChI=1S/C16H12N2O.2C2H6.CH4/c19-14-10-12(15-5-1-3-7-17-15)9-13(11-14)16-6-2-4-8-18-16;2*1-2;/h1-8,10-11H,9H2;2*1-2H3;1H4. The SMILES string of the molecule is C.CC.CC.O=C1C=C(c2ccccn2)CC(c2ccccn2)=C1. The summed E-state index contributed by atoms with van der Waals surface area (Å²) in [5.74, 6) is -0.00689. The topological polar surface area (TPSA) is 42.9 Å². The van der Waals surface area contributed by atoms with Crippen LogP contribution < -0.4 is 0 Å². The summed E-state index contributed by atoms with van der Waals surface area (Å²) in [5, 5.41) is 0. The van der Waals surface area contributed by atoms with E-state index in [9.17, 15) is 4.79 Å². The van der Waals surface area contributed by atoms with E-state index in [1.165, 1.54) is 0 Å². The number of hydrogen-bond acceptors (Lipinski definition) is 3. The first-order chi connectivity index (χ1) is 11.3. The minimum Gasteiger partial charge on any atom is -0.290 e. The smallest absolute Gasteiger partial charge is 0.179 e. The fourth-order valence-electron chi connectivity index (χ4n) is 2.13. The molecule has 0 atom stereocenters. The van der Waals surface area contributed by atoms with Gasteiger partial charge in [-0.25, -0.2) is 0 Å². The second-order valence-electron chi connectivity index (χ2n) is 4.35. The summed E-state index contributed by atoms with van der Waals surface area (Å²) < 4.78 is 0. The zero-order valence-corrected chi connectivity index (χ0v) is 14.3. The lowest BCUT2D eigenvalue weighted by molar-refractivity contribution is -0.110. The van der Waals surface area contributed by atoms with Gasteiger partial charge in [-0.3, -0.25) is 14.8 Å². The lowest BCUT2D eigenvalue weighted by atomic mass is 9.93. The first kappa shape index (κ1) is 21.4. The first-order valence-electron chi connectivity index (χ1n) is 8.11. The van der Waals surface area contributed by atoms with Gasteiger partial charge in [-0.05, 0) is 47.6 Å². The van der Waals surface area contributed by atoms with E-state index in [0.29, 0.717) is 6.42 Å². The maximum Gasteiger partial charge on any atom is 0.179 e. The van der Waals surface area contributed by atoms with Crippen molar-refractivity contribution < 1.29 is 4.79 Å². The molecule has 3 heteroatoms. The number of allylic oxidation sites excluding steroid dienone is 4. The molecule has 0 unspecified atom stereocenters. The average Bonchev–Trinajstić information content (AvgIpc) is 2.66. The summed E-state index contributed by atoms with van der Waals surface area (Å²) >= 11 is 0. The lowest BCUT2D eigenvalue weighted by Gasteiger charge is -2.13. The first-order valence-corrected chi connectivity index (χ1v) is 8.11. The van der Waals surface area contributed by atoms with Gasteiger partial charge >= 0.3 is 0 Å². The molecule has 0 spiro atoms. The molecule has 3 rings (SSSR count). The van der Waals surface area contributed by atoms with Crippen LogP contribution >= 0.6 is 0 Å². The Balaban J connectivity index is 0.000000987. The van der Waals surface area contributed by atoms with Crippen molar-refractivity contribution in [1.82, 2.24) is 9.97 Å². The fraction of sp³-hybridized carbons (Fsp3) is 0.286. The van der Waals surface area contributed by atoms with Crippen molar-refractivity contribution >= 4 is 16.9 Å². The van der Waals surface area contributed by atoms with Gasteiger partial charge in [0.25, 0.3) is 0 Å². The second-order valence-corrected chi connectivity index (χ2v) is 4.35. The zero-order valence-electron chi connectivity index (χ0n) is 14.3. The predicted octanol–water partition coefficient (Wildman–Crippen LogP) is 5.60. The third kappa shape index (κ3) is 5.92. The van der Waals surface area contributed by atoms with Crippen molar-refractivity contribution in [3.63, 3.8) is 0 Å². The summed E-state index contributed by atoms with van der Waals surface area (Å²) in [5.41, 5.74) is 3.57. The van der Waals surface area contributed by atoms with Crippen molar-refractivity contribution in [2.24, 2.45) is 0 Å². The number of carbonyl (C=O) groups excluding carboxylic acids is 1. The normalized spacial score (nSPS) is 12.2. The number of hydrogen-bond donors (Lipinski definition) is 0. The van der Waals surface area contributed by atoms with E-state index >= 15 is 0 Å². The molecule has 24 heavy (non-hydrogen) atoms. The van der Waals surface area contributed by atoms with Gasteiger partial charge in [0.2, 0.25) is 0 Å². The van der Waals surface area contributed by atoms with Crippen LogP contribution in [0.25, 0.3) is 11.1 Å². The Morgan fingerprint density at radius 1 is 0.750 bits per heavy atom. The average molecular weight is 324 g/mol. The minimum atomic E-state index is -0.00689. The monoisotopic (exact) mass is 324 g/mol. The van der Waals surface area contributed by atoms with Crippen LogP contribution in [0, 0.1) is 0 Å². The van der Waals surface area contributed by atoms with E-state index in [0.717, 1.165) is 22.5 Å². The Kier molecular flexibility index (Phi) is 10.7. The molecule has 2 heterocycles. The van der Waals surface area contributed by atoms with Crippen LogP contribution in [0.2, 0.25) is 0 Å². The Morgan fingerprint density at radius 2 is 1.17 bits per heavy atom. The molecule has 0 fully saturated rings. The molecule has 0 radical (unpaired) electrons. The molecule has 0 N–H and O–H groups in total. The van der Waals surface area contributed by atoms with E-state index in [4.69, 9.17) is 0 Å². The van der Waals surface area contributed by atoms with Gasteiger partial charge in [0.05, 0.1) is 11.4 Å². The molecule has 1 aliphatic carbocycles. The van der Waals surface area contributed by atoms with E-state index < -0.39 is 0 Å². The molecule has 0 aliphatic heterocycles. The number of carbonyl (C=O) groups is 1. The maximum absolute atomic E-state index is 11.8. The third-order valence-electron chi connectivity index (χ3n) is 3.00. The van der Waals surface area contributed by atoms with Crippen LogP contribution in [0.4, 0.5) is 0 Å². The van der Waals surface area contributed by atoms with Crippen LogP contribution in [0.5, 0.6) is 0 Å².